The van der Waals surface area contributed by atoms with Crippen LogP contribution in [0.4, 0.5) is 0 Å². The largest absolute Gasteiger partial charge is 0.481 e. The van der Waals surface area contributed by atoms with E-state index in [0.29, 0.717) is 0 Å². The summed E-state index contributed by atoms with van der Waals surface area (Å²) in [7, 11) is 6.17. The van der Waals surface area contributed by atoms with Gasteiger partial charge in [0.05, 0.1) is 34.1 Å². The number of rotatable bonds is 4. The Morgan fingerprint density at radius 1 is 1.25 bits per heavy atom. The monoisotopic (exact) mass is 176 g/mol. The molecule has 0 radical (unpaired) electrons. The molecule has 0 aliphatic heterocycles. The number of carboxylic acid groups (broad SMARTS) is 1. The minimum absolute atomic E-state index is 0.287. The maximum Gasteiger partial charge on any atom is 0.303 e. The molecular formula is C9H22NO2+. The van der Waals surface area contributed by atoms with E-state index in [4.69, 9.17) is 5.11 Å². The predicted octanol–water partition coefficient (Wildman–Crippen LogP) is 1.58. The fraction of sp³-hybridized carbons (Fsp3) is 0.889. The highest BCUT2D eigenvalue weighted by molar-refractivity contribution is 5.66. The molecular weight excluding hydrogens is 154 g/mol. The highest BCUT2D eigenvalue weighted by Gasteiger charge is 2.07. The molecule has 0 aromatic carbocycles. The molecule has 0 aliphatic carbocycles. The van der Waals surface area contributed by atoms with Gasteiger partial charge in [0.25, 0.3) is 0 Å². The van der Waals surface area contributed by atoms with Crippen molar-refractivity contribution in [2.75, 3.05) is 27.7 Å². The summed E-state index contributed by atoms with van der Waals surface area (Å²) in [6, 6.07) is 0. The third-order valence-electron chi connectivity index (χ3n) is 1.22. The summed E-state index contributed by atoms with van der Waals surface area (Å²) in [6.07, 6.45) is 1.05. The lowest BCUT2D eigenvalue weighted by Gasteiger charge is -2.23. The van der Waals surface area contributed by atoms with Crippen molar-refractivity contribution in [1.29, 1.82) is 0 Å². The van der Waals surface area contributed by atoms with Crippen molar-refractivity contribution in [3.63, 3.8) is 0 Å². The second-order valence-corrected chi connectivity index (χ2v) is 3.51. The Balaban J connectivity index is 0. The normalized spacial score (nSPS) is 10.1. The molecule has 1 N–H and O–H groups in total. The van der Waals surface area contributed by atoms with Crippen LogP contribution >= 0.6 is 0 Å². The molecule has 0 heterocycles. The van der Waals surface area contributed by atoms with E-state index < -0.39 is 5.97 Å². The third-order valence-corrected chi connectivity index (χ3v) is 1.22. The zero-order chi connectivity index (χ0) is 10.2. The van der Waals surface area contributed by atoms with Gasteiger partial charge < -0.3 is 9.59 Å². The zero-order valence-corrected chi connectivity index (χ0v) is 8.92. The van der Waals surface area contributed by atoms with Gasteiger partial charge in [-0.25, -0.2) is 0 Å². The van der Waals surface area contributed by atoms with E-state index in [1.165, 1.54) is 0 Å². The molecule has 0 rings (SSSR count). The second-order valence-electron chi connectivity index (χ2n) is 3.51. The van der Waals surface area contributed by atoms with Crippen LogP contribution in [0.25, 0.3) is 0 Å². The van der Waals surface area contributed by atoms with Crippen LogP contribution in [0, 0.1) is 0 Å². The van der Waals surface area contributed by atoms with Crippen molar-refractivity contribution >= 4 is 5.97 Å². The fourth-order valence-electron chi connectivity index (χ4n) is 0.705. The lowest BCUT2D eigenvalue weighted by Crippen LogP contribution is -2.35. The summed E-state index contributed by atoms with van der Waals surface area (Å²) in [5.41, 5.74) is 0. The highest BCUT2D eigenvalue weighted by atomic mass is 16.4. The van der Waals surface area contributed by atoms with E-state index in [9.17, 15) is 4.79 Å². The molecule has 0 spiro atoms. The molecule has 0 fully saturated rings. The predicted molar refractivity (Wildman–Crippen MR) is 51.1 cm³/mol. The number of hydrogen-bond acceptors (Lipinski definition) is 1. The Kier molecular flexibility index (Phi) is 8.27. The molecule has 0 unspecified atom stereocenters. The molecule has 0 atom stereocenters. The SMILES string of the molecule is CC.C[N+](C)(C)CCCC(=O)O. The van der Waals surface area contributed by atoms with Crippen LogP contribution in [-0.2, 0) is 4.79 Å². The van der Waals surface area contributed by atoms with Gasteiger partial charge in [-0.2, -0.15) is 0 Å². The van der Waals surface area contributed by atoms with Gasteiger partial charge in [-0.3, -0.25) is 4.79 Å². The molecule has 0 aromatic heterocycles. The first kappa shape index (κ1) is 14.0. The molecule has 12 heavy (non-hydrogen) atoms. The number of nitrogens with zero attached hydrogens (tertiary/aromatic N) is 1. The van der Waals surface area contributed by atoms with Crippen molar-refractivity contribution in [3.05, 3.63) is 0 Å². The quantitative estimate of drug-likeness (QED) is 0.660. The Bertz CT molecular complexity index is 116. The first-order valence-electron chi connectivity index (χ1n) is 4.44. The Morgan fingerprint density at radius 3 is 1.92 bits per heavy atom. The first-order chi connectivity index (χ1) is 5.42. The number of carboxylic acids is 1. The van der Waals surface area contributed by atoms with Crippen molar-refractivity contribution in [1.82, 2.24) is 0 Å². The number of hydrogen-bond donors (Lipinski definition) is 1. The maximum atomic E-state index is 10.1. The minimum atomic E-state index is -0.701. The van der Waals surface area contributed by atoms with Gasteiger partial charge >= 0.3 is 5.97 Å². The Labute approximate surface area is 75.6 Å². The van der Waals surface area contributed by atoms with E-state index in [1.54, 1.807) is 0 Å². The van der Waals surface area contributed by atoms with Crippen molar-refractivity contribution in [2.45, 2.75) is 26.7 Å². The maximum absolute atomic E-state index is 10.1. The minimum Gasteiger partial charge on any atom is -0.481 e. The Hall–Kier alpha value is -0.570. The molecule has 0 saturated heterocycles. The first-order valence-corrected chi connectivity index (χ1v) is 4.44. The van der Waals surface area contributed by atoms with E-state index in [2.05, 4.69) is 21.1 Å². The Morgan fingerprint density at radius 2 is 1.67 bits per heavy atom. The second kappa shape index (κ2) is 7.10. The van der Waals surface area contributed by atoms with Crippen LogP contribution in [0.3, 0.4) is 0 Å². The molecule has 3 nitrogen and oxygen atoms in total. The molecule has 74 valence electrons. The van der Waals surface area contributed by atoms with E-state index in [-0.39, 0.29) is 6.42 Å². The molecule has 0 aliphatic rings. The average Bonchev–Trinajstić information content (AvgIpc) is 1.88. The lowest BCUT2D eigenvalue weighted by atomic mass is 10.3. The van der Waals surface area contributed by atoms with Gasteiger partial charge in [0.2, 0.25) is 0 Å². The number of aliphatic carboxylic acids is 1. The third kappa shape index (κ3) is 16.2. The van der Waals surface area contributed by atoms with Crippen LogP contribution < -0.4 is 0 Å². The van der Waals surface area contributed by atoms with Crippen LogP contribution in [0.15, 0.2) is 0 Å². The van der Waals surface area contributed by atoms with Gasteiger partial charge in [0.1, 0.15) is 0 Å². The van der Waals surface area contributed by atoms with E-state index >= 15 is 0 Å². The molecule has 0 amide bonds. The van der Waals surface area contributed by atoms with Gasteiger partial charge in [-0.05, 0) is 0 Å². The lowest BCUT2D eigenvalue weighted by molar-refractivity contribution is -0.870. The molecule has 0 saturated carbocycles. The smallest absolute Gasteiger partial charge is 0.303 e. The zero-order valence-electron chi connectivity index (χ0n) is 8.92. The summed E-state index contributed by atoms with van der Waals surface area (Å²) in [5, 5.41) is 8.30. The highest BCUT2D eigenvalue weighted by Crippen LogP contribution is 1.96. The van der Waals surface area contributed by atoms with Gasteiger partial charge in [0, 0.05) is 6.42 Å². The summed E-state index contributed by atoms with van der Waals surface area (Å²) >= 11 is 0. The van der Waals surface area contributed by atoms with Crippen molar-refractivity contribution in [2.24, 2.45) is 0 Å². The van der Waals surface area contributed by atoms with Crippen LogP contribution in [0.1, 0.15) is 26.7 Å². The number of carbonyl (C=O) groups is 1. The molecule has 0 bridgehead atoms. The van der Waals surface area contributed by atoms with E-state index in [0.717, 1.165) is 17.4 Å². The standard InChI is InChI=1S/C7H15NO2.C2H6/c1-8(2,3)6-4-5-7(9)10;1-2/h4-6H2,1-3H3;1-2H3/p+1. The van der Waals surface area contributed by atoms with E-state index in [1.807, 2.05) is 13.8 Å². The van der Waals surface area contributed by atoms with Crippen LogP contribution in [-0.4, -0.2) is 43.2 Å². The fourth-order valence-corrected chi connectivity index (χ4v) is 0.705. The van der Waals surface area contributed by atoms with Crippen molar-refractivity contribution in [3.8, 4) is 0 Å². The van der Waals surface area contributed by atoms with Gasteiger partial charge in [0.15, 0.2) is 0 Å². The topological polar surface area (TPSA) is 37.3 Å². The van der Waals surface area contributed by atoms with Gasteiger partial charge in [-0.15, -0.1) is 0 Å². The van der Waals surface area contributed by atoms with Gasteiger partial charge in [-0.1, -0.05) is 13.8 Å². The van der Waals surface area contributed by atoms with Crippen LogP contribution in [0.5, 0.6) is 0 Å². The summed E-state index contributed by atoms with van der Waals surface area (Å²) in [5.74, 6) is -0.701. The van der Waals surface area contributed by atoms with Crippen LogP contribution in [0.2, 0.25) is 0 Å². The molecule has 3 heteroatoms. The summed E-state index contributed by atoms with van der Waals surface area (Å²) < 4.78 is 0.841. The summed E-state index contributed by atoms with van der Waals surface area (Å²) in [6.45, 7) is 4.92. The molecule has 0 aromatic rings. The summed E-state index contributed by atoms with van der Waals surface area (Å²) in [4.78, 5) is 10.1. The van der Waals surface area contributed by atoms with Crippen molar-refractivity contribution < 1.29 is 14.4 Å². The average molecular weight is 176 g/mol. The number of quaternary nitrogens is 1.